The van der Waals surface area contributed by atoms with Gasteiger partial charge >= 0.3 is 0 Å². The highest BCUT2D eigenvalue weighted by molar-refractivity contribution is 6.02. The van der Waals surface area contributed by atoms with Crippen molar-refractivity contribution in [3.8, 4) is 0 Å². The largest absolute Gasteiger partial charge is 0.409 e. The summed E-state index contributed by atoms with van der Waals surface area (Å²) < 4.78 is 14.0. The monoisotopic (exact) mass is 293 g/mol. The lowest BCUT2D eigenvalue weighted by Gasteiger charge is -2.36. The van der Waals surface area contributed by atoms with Crippen LogP contribution in [0.4, 0.5) is 10.1 Å². The first-order valence-corrected chi connectivity index (χ1v) is 7.57. The van der Waals surface area contributed by atoms with Crippen molar-refractivity contribution < 1.29 is 9.60 Å². The van der Waals surface area contributed by atoms with Gasteiger partial charge in [-0.15, -0.1) is 0 Å². The summed E-state index contributed by atoms with van der Waals surface area (Å²) in [6.07, 6.45) is 5.84. The number of rotatable bonds is 4. The van der Waals surface area contributed by atoms with E-state index >= 15 is 0 Å². The van der Waals surface area contributed by atoms with Gasteiger partial charge in [0.05, 0.1) is 11.3 Å². The average Bonchev–Trinajstić information content (AvgIpc) is 2.53. The number of nitrogens with zero attached hydrogens (tertiary/aromatic N) is 2. The number of hydrogen-bond acceptors (Lipinski definition) is 3. The molecule has 116 valence electrons. The Hall–Kier alpha value is -1.78. The van der Waals surface area contributed by atoms with Crippen molar-refractivity contribution in [2.75, 3.05) is 11.9 Å². The highest BCUT2D eigenvalue weighted by atomic mass is 19.1. The Morgan fingerprint density at radius 2 is 2.05 bits per heavy atom. The lowest BCUT2D eigenvalue weighted by Crippen LogP contribution is -2.36. The van der Waals surface area contributed by atoms with Gasteiger partial charge in [0.1, 0.15) is 5.82 Å². The second-order valence-corrected chi connectivity index (χ2v) is 5.81. The van der Waals surface area contributed by atoms with Gasteiger partial charge in [-0.25, -0.2) is 4.39 Å². The van der Waals surface area contributed by atoms with Crippen LogP contribution >= 0.6 is 0 Å². The van der Waals surface area contributed by atoms with Crippen LogP contribution in [0.1, 0.15) is 44.6 Å². The second-order valence-electron chi connectivity index (χ2n) is 5.81. The van der Waals surface area contributed by atoms with Crippen LogP contribution in [0.25, 0.3) is 0 Å². The van der Waals surface area contributed by atoms with Crippen LogP contribution in [-0.4, -0.2) is 24.1 Å². The van der Waals surface area contributed by atoms with Gasteiger partial charge in [0.25, 0.3) is 0 Å². The van der Waals surface area contributed by atoms with Gasteiger partial charge in [0, 0.05) is 13.1 Å². The summed E-state index contributed by atoms with van der Waals surface area (Å²) in [6.45, 7) is 2.23. The van der Waals surface area contributed by atoms with Gasteiger partial charge in [-0.3, -0.25) is 0 Å². The molecule has 1 aromatic carbocycles. The van der Waals surface area contributed by atoms with E-state index in [1.54, 1.807) is 6.07 Å². The van der Waals surface area contributed by atoms with Gasteiger partial charge in [-0.1, -0.05) is 24.6 Å². The lowest BCUT2D eigenvalue weighted by molar-refractivity contribution is 0.313. The minimum atomic E-state index is -0.461. The molecule has 3 N–H and O–H groups in total. The van der Waals surface area contributed by atoms with E-state index in [4.69, 9.17) is 10.9 Å². The number of nitrogens with two attached hydrogens (primary N) is 1. The zero-order valence-electron chi connectivity index (χ0n) is 12.7. The molecule has 0 atom stereocenters. The van der Waals surface area contributed by atoms with Gasteiger partial charge in [-0.05, 0) is 43.7 Å². The SMILES string of the molecule is CCC1CCC(N(C)c2cccc(F)c2C(N)=NO)CC1. The van der Waals surface area contributed by atoms with E-state index in [2.05, 4.69) is 17.0 Å². The molecule has 0 unspecified atom stereocenters. The number of halogens is 1. The molecule has 0 radical (unpaired) electrons. The molecule has 4 nitrogen and oxygen atoms in total. The predicted octanol–water partition coefficient (Wildman–Crippen LogP) is 3.33. The zero-order valence-corrected chi connectivity index (χ0v) is 12.7. The van der Waals surface area contributed by atoms with Crippen molar-refractivity contribution in [2.24, 2.45) is 16.8 Å². The number of hydrogen-bond donors (Lipinski definition) is 2. The van der Waals surface area contributed by atoms with Gasteiger partial charge in [0.2, 0.25) is 0 Å². The third kappa shape index (κ3) is 3.28. The summed E-state index contributed by atoms with van der Waals surface area (Å²) in [7, 11) is 1.96. The fourth-order valence-corrected chi connectivity index (χ4v) is 3.25. The van der Waals surface area contributed by atoms with E-state index in [9.17, 15) is 4.39 Å². The Kier molecular flexibility index (Phi) is 5.04. The first-order valence-electron chi connectivity index (χ1n) is 7.57. The zero-order chi connectivity index (χ0) is 15.4. The minimum absolute atomic E-state index is 0.181. The molecule has 0 saturated heterocycles. The quantitative estimate of drug-likeness (QED) is 0.387. The summed E-state index contributed by atoms with van der Waals surface area (Å²) in [5, 5.41) is 11.8. The maximum absolute atomic E-state index is 14.0. The Bertz CT molecular complexity index is 510. The van der Waals surface area contributed by atoms with Crippen LogP contribution in [0.2, 0.25) is 0 Å². The molecule has 1 aromatic rings. The van der Waals surface area contributed by atoms with Crippen LogP contribution < -0.4 is 10.6 Å². The van der Waals surface area contributed by atoms with Crippen LogP contribution in [0, 0.1) is 11.7 Å². The molecule has 1 saturated carbocycles. The summed E-state index contributed by atoms with van der Waals surface area (Å²) in [5.41, 5.74) is 6.51. The van der Waals surface area contributed by atoms with Crippen molar-refractivity contribution in [3.05, 3.63) is 29.6 Å². The van der Waals surface area contributed by atoms with E-state index in [1.807, 2.05) is 13.1 Å². The highest BCUT2D eigenvalue weighted by Crippen LogP contribution is 2.33. The maximum atomic E-state index is 14.0. The molecule has 1 aliphatic rings. The number of amidine groups is 1. The van der Waals surface area contributed by atoms with Gasteiger partial charge in [0.15, 0.2) is 5.84 Å². The predicted molar refractivity (Wildman–Crippen MR) is 83.4 cm³/mol. The summed E-state index contributed by atoms with van der Waals surface area (Å²) in [4.78, 5) is 2.07. The van der Waals surface area contributed by atoms with E-state index < -0.39 is 5.82 Å². The Morgan fingerprint density at radius 3 is 2.62 bits per heavy atom. The molecule has 0 spiro atoms. The second kappa shape index (κ2) is 6.78. The average molecular weight is 293 g/mol. The fraction of sp³-hybridized carbons (Fsp3) is 0.562. The third-order valence-electron chi connectivity index (χ3n) is 4.68. The molecule has 5 heteroatoms. The van der Waals surface area contributed by atoms with Crippen molar-refractivity contribution in [2.45, 2.75) is 45.1 Å². The van der Waals surface area contributed by atoms with Gasteiger partial charge < -0.3 is 15.8 Å². The molecule has 0 aliphatic heterocycles. The lowest BCUT2D eigenvalue weighted by atomic mass is 9.84. The molecular weight excluding hydrogens is 269 g/mol. The van der Waals surface area contributed by atoms with Crippen molar-refractivity contribution in [1.82, 2.24) is 0 Å². The molecular formula is C16H24FN3O. The standard InChI is InChI=1S/C16H24FN3O/c1-3-11-7-9-12(10-8-11)20(2)14-6-4-5-13(17)15(14)16(18)19-21/h4-6,11-12,21H,3,7-10H2,1-2H3,(H2,18,19). The van der Waals surface area contributed by atoms with Crippen molar-refractivity contribution in [3.63, 3.8) is 0 Å². The molecule has 21 heavy (non-hydrogen) atoms. The van der Waals surface area contributed by atoms with E-state index in [0.29, 0.717) is 11.7 Å². The molecule has 1 aliphatic carbocycles. The molecule has 0 heterocycles. The molecule has 2 rings (SSSR count). The van der Waals surface area contributed by atoms with E-state index in [1.165, 1.54) is 25.3 Å². The number of benzene rings is 1. The Labute approximate surface area is 125 Å². The van der Waals surface area contributed by atoms with E-state index in [-0.39, 0.29) is 11.4 Å². The fourth-order valence-electron chi connectivity index (χ4n) is 3.25. The molecule has 1 fully saturated rings. The molecule has 0 bridgehead atoms. The smallest absolute Gasteiger partial charge is 0.175 e. The highest BCUT2D eigenvalue weighted by Gasteiger charge is 2.26. The first-order chi connectivity index (χ1) is 10.1. The number of oxime groups is 1. The van der Waals surface area contributed by atoms with Crippen molar-refractivity contribution >= 4 is 11.5 Å². The molecule has 0 aromatic heterocycles. The summed E-state index contributed by atoms with van der Waals surface area (Å²) >= 11 is 0. The third-order valence-corrected chi connectivity index (χ3v) is 4.68. The van der Waals surface area contributed by atoms with Crippen molar-refractivity contribution in [1.29, 1.82) is 0 Å². The summed E-state index contributed by atoms with van der Waals surface area (Å²) in [5.74, 6) is 0.166. The van der Waals surface area contributed by atoms with Crippen LogP contribution in [0.15, 0.2) is 23.4 Å². The van der Waals surface area contributed by atoms with Crippen LogP contribution in [0.3, 0.4) is 0 Å². The van der Waals surface area contributed by atoms with E-state index in [0.717, 1.165) is 18.8 Å². The maximum Gasteiger partial charge on any atom is 0.175 e. The molecule has 0 amide bonds. The Morgan fingerprint density at radius 1 is 1.38 bits per heavy atom. The van der Waals surface area contributed by atoms with Crippen LogP contribution in [-0.2, 0) is 0 Å². The Balaban J connectivity index is 2.24. The number of anilines is 1. The van der Waals surface area contributed by atoms with Gasteiger partial charge in [-0.2, -0.15) is 0 Å². The minimum Gasteiger partial charge on any atom is -0.409 e. The first kappa shape index (κ1) is 15.6. The van der Waals surface area contributed by atoms with Crippen LogP contribution in [0.5, 0.6) is 0 Å². The topological polar surface area (TPSA) is 61.8 Å². The normalized spacial score (nSPS) is 23.1. The summed E-state index contributed by atoms with van der Waals surface area (Å²) in [6, 6.07) is 5.19.